The number of anilines is 1. The van der Waals surface area contributed by atoms with Gasteiger partial charge in [0, 0.05) is 10.0 Å². The number of benzene rings is 1. The summed E-state index contributed by atoms with van der Waals surface area (Å²) in [5.74, 6) is -0.586. The number of carboxylic acids is 1. The van der Waals surface area contributed by atoms with Crippen LogP contribution in [0.4, 0.5) is 5.95 Å². The largest absolute Gasteiger partial charge is 0.496 e. The maximum absolute atomic E-state index is 11.4. The van der Waals surface area contributed by atoms with Crippen molar-refractivity contribution in [3.63, 3.8) is 0 Å². The molecule has 0 unspecified atom stereocenters. The van der Waals surface area contributed by atoms with Crippen molar-refractivity contribution in [2.24, 2.45) is 0 Å². The number of aromatic nitrogens is 2. The molecule has 0 saturated carbocycles. The molecule has 104 valence electrons. The van der Waals surface area contributed by atoms with Gasteiger partial charge in [-0.3, -0.25) is 0 Å². The van der Waals surface area contributed by atoms with E-state index < -0.39 is 5.97 Å². The first kappa shape index (κ1) is 14.3. The molecule has 3 N–H and O–H groups in total. The number of hydrogen-bond donors (Lipinski definition) is 2. The fourth-order valence-corrected chi connectivity index (χ4v) is 2.27. The van der Waals surface area contributed by atoms with Crippen LogP contribution >= 0.6 is 15.9 Å². The topological polar surface area (TPSA) is 98.3 Å². The van der Waals surface area contributed by atoms with Crippen LogP contribution in [0.1, 0.15) is 16.1 Å². The van der Waals surface area contributed by atoms with Crippen molar-refractivity contribution in [3.8, 4) is 17.0 Å². The summed E-state index contributed by atoms with van der Waals surface area (Å²) in [5.41, 5.74) is 6.72. The second-order valence-corrected chi connectivity index (χ2v) is 4.96. The number of aromatic carboxylic acids is 1. The Hall–Kier alpha value is -2.15. The second-order valence-electron chi connectivity index (χ2n) is 4.04. The number of carbonyl (C=O) groups is 1. The number of carboxylic acid groups (broad SMARTS) is 1. The summed E-state index contributed by atoms with van der Waals surface area (Å²) in [6, 6.07) is 5.24. The first-order chi connectivity index (χ1) is 9.43. The molecular formula is C13H12BrN3O3. The van der Waals surface area contributed by atoms with Gasteiger partial charge in [0.15, 0.2) is 0 Å². The molecule has 0 aliphatic heterocycles. The zero-order chi connectivity index (χ0) is 14.9. The first-order valence-corrected chi connectivity index (χ1v) is 6.44. The summed E-state index contributed by atoms with van der Waals surface area (Å²) >= 11 is 3.34. The minimum absolute atomic E-state index is 0.00981. The number of aryl methyl sites for hydroxylation is 1. The molecule has 0 bridgehead atoms. The number of halogens is 1. The number of hydrogen-bond acceptors (Lipinski definition) is 5. The summed E-state index contributed by atoms with van der Waals surface area (Å²) in [7, 11) is 1.50. The third-order valence-corrected chi connectivity index (χ3v) is 3.23. The lowest BCUT2D eigenvalue weighted by Crippen LogP contribution is -2.10. The van der Waals surface area contributed by atoms with Crippen LogP contribution in [0.2, 0.25) is 0 Å². The third kappa shape index (κ3) is 2.57. The van der Waals surface area contributed by atoms with Gasteiger partial charge in [-0.1, -0.05) is 15.9 Å². The summed E-state index contributed by atoms with van der Waals surface area (Å²) in [6.45, 7) is 1.58. The van der Waals surface area contributed by atoms with Gasteiger partial charge >= 0.3 is 5.97 Å². The maximum atomic E-state index is 11.4. The van der Waals surface area contributed by atoms with E-state index >= 15 is 0 Å². The summed E-state index contributed by atoms with van der Waals surface area (Å²) in [5, 5.41) is 9.36. The minimum Gasteiger partial charge on any atom is -0.496 e. The van der Waals surface area contributed by atoms with Crippen LogP contribution in [-0.2, 0) is 0 Å². The number of nitrogen functional groups attached to an aromatic ring is 1. The maximum Gasteiger partial charge on any atom is 0.339 e. The normalized spacial score (nSPS) is 10.3. The van der Waals surface area contributed by atoms with Crippen molar-refractivity contribution in [3.05, 3.63) is 33.9 Å². The van der Waals surface area contributed by atoms with E-state index in [0.29, 0.717) is 17.0 Å². The van der Waals surface area contributed by atoms with Crippen LogP contribution in [0.3, 0.4) is 0 Å². The Morgan fingerprint density at radius 3 is 2.70 bits per heavy atom. The third-order valence-electron chi connectivity index (χ3n) is 2.74. The van der Waals surface area contributed by atoms with Crippen LogP contribution in [0.25, 0.3) is 11.3 Å². The Morgan fingerprint density at radius 2 is 2.10 bits per heavy atom. The molecule has 7 heteroatoms. The number of nitrogens with zero attached hydrogens (tertiary/aromatic N) is 2. The Balaban J connectivity index is 2.81. The van der Waals surface area contributed by atoms with Gasteiger partial charge in [-0.2, -0.15) is 0 Å². The van der Waals surface area contributed by atoms with E-state index in [1.807, 2.05) is 0 Å². The van der Waals surface area contributed by atoms with Gasteiger partial charge in [-0.05, 0) is 25.1 Å². The monoisotopic (exact) mass is 337 g/mol. The van der Waals surface area contributed by atoms with Crippen molar-refractivity contribution in [2.45, 2.75) is 6.92 Å². The average Bonchev–Trinajstić information content (AvgIpc) is 2.37. The first-order valence-electron chi connectivity index (χ1n) is 5.65. The molecule has 0 atom stereocenters. The molecule has 0 aliphatic carbocycles. The lowest BCUT2D eigenvalue weighted by atomic mass is 10.0. The van der Waals surface area contributed by atoms with Crippen molar-refractivity contribution >= 4 is 27.8 Å². The van der Waals surface area contributed by atoms with Crippen molar-refractivity contribution in [2.75, 3.05) is 12.8 Å². The predicted octanol–water partition coefficient (Wildman–Crippen LogP) is 2.50. The van der Waals surface area contributed by atoms with E-state index in [1.165, 1.54) is 7.11 Å². The van der Waals surface area contributed by atoms with Crippen LogP contribution in [0, 0.1) is 6.92 Å². The van der Waals surface area contributed by atoms with E-state index in [2.05, 4.69) is 25.9 Å². The van der Waals surface area contributed by atoms with E-state index in [-0.39, 0.29) is 17.2 Å². The smallest absolute Gasteiger partial charge is 0.339 e. The minimum atomic E-state index is -1.11. The summed E-state index contributed by atoms with van der Waals surface area (Å²) < 4.78 is 6.03. The Morgan fingerprint density at radius 1 is 1.40 bits per heavy atom. The fraction of sp³-hybridized carbons (Fsp3) is 0.154. The average molecular weight is 338 g/mol. The molecule has 1 heterocycles. The van der Waals surface area contributed by atoms with Crippen molar-refractivity contribution < 1.29 is 14.6 Å². The Kier molecular flexibility index (Phi) is 3.89. The van der Waals surface area contributed by atoms with Crippen molar-refractivity contribution in [1.29, 1.82) is 0 Å². The number of nitrogens with two attached hydrogens (primary N) is 1. The van der Waals surface area contributed by atoms with Gasteiger partial charge in [-0.15, -0.1) is 0 Å². The van der Waals surface area contributed by atoms with Crippen LogP contribution in [0.5, 0.6) is 5.75 Å². The highest BCUT2D eigenvalue weighted by molar-refractivity contribution is 9.10. The molecule has 6 nitrogen and oxygen atoms in total. The van der Waals surface area contributed by atoms with Gasteiger partial charge < -0.3 is 15.6 Å². The number of rotatable bonds is 3. The lowest BCUT2D eigenvalue weighted by molar-refractivity contribution is 0.0696. The zero-order valence-electron chi connectivity index (χ0n) is 10.8. The van der Waals surface area contributed by atoms with E-state index in [4.69, 9.17) is 10.5 Å². The summed E-state index contributed by atoms with van der Waals surface area (Å²) in [6.07, 6.45) is 0. The number of ether oxygens (including phenoxy) is 1. The van der Waals surface area contributed by atoms with Gasteiger partial charge in [0.05, 0.1) is 18.5 Å². The summed E-state index contributed by atoms with van der Waals surface area (Å²) in [4.78, 5) is 19.4. The SMILES string of the molecule is COc1ccc(Br)cc1-c1nc(N)nc(C)c1C(=O)O. The van der Waals surface area contributed by atoms with Gasteiger partial charge in [0.2, 0.25) is 5.95 Å². The van der Waals surface area contributed by atoms with E-state index in [9.17, 15) is 9.90 Å². The molecule has 0 radical (unpaired) electrons. The lowest BCUT2D eigenvalue weighted by Gasteiger charge is -2.12. The highest BCUT2D eigenvalue weighted by Crippen LogP contribution is 2.34. The molecule has 0 amide bonds. The fourth-order valence-electron chi connectivity index (χ4n) is 1.91. The molecule has 1 aromatic carbocycles. The van der Waals surface area contributed by atoms with Crippen LogP contribution in [-0.4, -0.2) is 28.2 Å². The zero-order valence-corrected chi connectivity index (χ0v) is 12.4. The Bertz CT molecular complexity index is 689. The molecule has 0 spiro atoms. The van der Waals surface area contributed by atoms with Crippen molar-refractivity contribution in [1.82, 2.24) is 9.97 Å². The second kappa shape index (κ2) is 5.46. The highest BCUT2D eigenvalue weighted by atomic mass is 79.9. The molecule has 1 aromatic heterocycles. The molecule has 0 fully saturated rings. The van der Waals surface area contributed by atoms with Crippen LogP contribution in [0.15, 0.2) is 22.7 Å². The highest BCUT2D eigenvalue weighted by Gasteiger charge is 2.21. The van der Waals surface area contributed by atoms with Gasteiger partial charge in [-0.25, -0.2) is 14.8 Å². The molecule has 2 aromatic rings. The molecule has 20 heavy (non-hydrogen) atoms. The number of methoxy groups -OCH3 is 1. The van der Waals surface area contributed by atoms with Gasteiger partial charge in [0.25, 0.3) is 0 Å². The molecule has 0 saturated heterocycles. The van der Waals surface area contributed by atoms with Gasteiger partial charge in [0.1, 0.15) is 11.3 Å². The molecule has 0 aliphatic rings. The predicted molar refractivity (Wildman–Crippen MR) is 77.8 cm³/mol. The molecule has 2 rings (SSSR count). The molecular weight excluding hydrogens is 326 g/mol. The quantitative estimate of drug-likeness (QED) is 0.892. The standard InChI is InChI=1S/C13H12BrN3O3/c1-6-10(12(18)19)11(17-13(15)16-6)8-5-7(14)3-4-9(8)20-2/h3-5H,1-2H3,(H,18,19)(H2,15,16,17). The van der Waals surface area contributed by atoms with E-state index in [1.54, 1.807) is 25.1 Å². The van der Waals surface area contributed by atoms with E-state index in [0.717, 1.165) is 4.47 Å². The Labute approximate surface area is 123 Å². The van der Waals surface area contributed by atoms with Crippen LogP contribution < -0.4 is 10.5 Å².